The molecule has 0 spiro atoms. The molecule has 1 atom stereocenters. The highest BCUT2D eigenvalue weighted by molar-refractivity contribution is 7.13. The number of rotatable bonds is 4. The van der Waals surface area contributed by atoms with Crippen molar-refractivity contribution in [2.45, 2.75) is 12.1 Å². The molecule has 0 amide bonds. The van der Waals surface area contributed by atoms with E-state index < -0.39 is 23.4 Å². The van der Waals surface area contributed by atoms with Gasteiger partial charge in [-0.15, -0.1) is 11.3 Å². The van der Waals surface area contributed by atoms with Crippen LogP contribution in [0.5, 0.6) is 0 Å². The molecule has 0 saturated heterocycles. The van der Waals surface area contributed by atoms with Gasteiger partial charge in [0.2, 0.25) is 5.78 Å². The molecule has 0 fully saturated rings. The van der Waals surface area contributed by atoms with Crippen molar-refractivity contribution in [1.29, 1.82) is 5.26 Å². The number of nitrogens with zero attached hydrogens (tertiary/aromatic N) is 3. The summed E-state index contributed by atoms with van der Waals surface area (Å²) in [6, 6.07) is 6.92. The zero-order chi connectivity index (χ0) is 18.0. The summed E-state index contributed by atoms with van der Waals surface area (Å²) >= 11 is 1.16. The Bertz CT molecular complexity index is 925. The second kappa shape index (κ2) is 6.49. The molecule has 3 rings (SSSR count). The van der Waals surface area contributed by atoms with Crippen LogP contribution in [0, 0.1) is 11.3 Å². The molecule has 0 aromatic carbocycles. The lowest BCUT2D eigenvalue weighted by molar-refractivity contribution is -0.137. The summed E-state index contributed by atoms with van der Waals surface area (Å²) in [5, 5.41) is 11.2. The summed E-state index contributed by atoms with van der Waals surface area (Å²) in [4.78, 5) is 20.2. The van der Waals surface area contributed by atoms with Crippen molar-refractivity contribution < 1.29 is 22.4 Å². The standard InChI is InChI=1S/C16H8F3N3O2S/c17-16(18,19)9-3-4-11(21-7-9)10(6-20)14(23)12-8-25-15(22-12)13-2-1-5-24-13/h1-5,7-8,10H. The van der Waals surface area contributed by atoms with Crippen LogP contribution in [0.15, 0.2) is 46.5 Å². The van der Waals surface area contributed by atoms with E-state index in [1.165, 1.54) is 11.6 Å². The highest BCUT2D eigenvalue weighted by Gasteiger charge is 2.32. The third-order valence-corrected chi connectivity index (χ3v) is 4.15. The second-order valence-electron chi connectivity index (χ2n) is 4.91. The molecule has 3 aromatic rings. The predicted molar refractivity (Wildman–Crippen MR) is 81.7 cm³/mol. The highest BCUT2D eigenvalue weighted by Crippen LogP contribution is 2.30. The number of hydrogen-bond acceptors (Lipinski definition) is 6. The number of Topliss-reactive ketones (excluding diaryl/α,β-unsaturated/α-hetero) is 1. The zero-order valence-electron chi connectivity index (χ0n) is 12.3. The summed E-state index contributed by atoms with van der Waals surface area (Å²) < 4.78 is 42.9. The summed E-state index contributed by atoms with van der Waals surface area (Å²) in [5.41, 5.74) is -0.980. The van der Waals surface area contributed by atoms with E-state index in [9.17, 15) is 23.2 Å². The van der Waals surface area contributed by atoms with Gasteiger partial charge < -0.3 is 4.42 Å². The first-order valence-corrected chi connectivity index (χ1v) is 7.74. The average molecular weight is 363 g/mol. The van der Waals surface area contributed by atoms with Gasteiger partial charge in [0.25, 0.3) is 0 Å². The van der Waals surface area contributed by atoms with Gasteiger partial charge in [0.15, 0.2) is 16.7 Å². The lowest BCUT2D eigenvalue weighted by atomic mass is 9.99. The normalized spacial score (nSPS) is 12.6. The second-order valence-corrected chi connectivity index (χ2v) is 5.77. The fraction of sp³-hybridized carbons (Fsp3) is 0.125. The van der Waals surface area contributed by atoms with Gasteiger partial charge in [-0.1, -0.05) is 0 Å². The van der Waals surface area contributed by atoms with E-state index in [-0.39, 0.29) is 11.4 Å². The molecule has 1 unspecified atom stereocenters. The Labute approximate surface area is 143 Å². The third kappa shape index (κ3) is 3.44. The lowest BCUT2D eigenvalue weighted by Crippen LogP contribution is -2.14. The Morgan fingerprint density at radius 1 is 1.32 bits per heavy atom. The van der Waals surface area contributed by atoms with Crippen LogP contribution >= 0.6 is 11.3 Å². The van der Waals surface area contributed by atoms with E-state index in [1.54, 1.807) is 18.2 Å². The molecule has 0 aliphatic carbocycles. The highest BCUT2D eigenvalue weighted by atomic mass is 32.1. The molecule has 0 aliphatic heterocycles. The van der Waals surface area contributed by atoms with Crippen LogP contribution in [0.1, 0.15) is 27.7 Å². The number of thiazole rings is 1. The van der Waals surface area contributed by atoms with Crippen molar-refractivity contribution in [1.82, 2.24) is 9.97 Å². The molecule has 5 nitrogen and oxygen atoms in total. The fourth-order valence-electron chi connectivity index (χ4n) is 2.05. The molecule has 0 N–H and O–H groups in total. The van der Waals surface area contributed by atoms with Gasteiger partial charge in [-0.3, -0.25) is 9.78 Å². The van der Waals surface area contributed by atoms with Gasteiger partial charge in [0.1, 0.15) is 5.69 Å². The van der Waals surface area contributed by atoms with Gasteiger partial charge in [-0.25, -0.2) is 4.98 Å². The van der Waals surface area contributed by atoms with Crippen LogP contribution in [0.4, 0.5) is 13.2 Å². The number of pyridine rings is 1. The van der Waals surface area contributed by atoms with Gasteiger partial charge in [-0.05, 0) is 24.3 Å². The van der Waals surface area contributed by atoms with Crippen LogP contribution in [0.2, 0.25) is 0 Å². The smallest absolute Gasteiger partial charge is 0.417 e. The van der Waals surface area contributed by atoms with E-state index in [1.807, 2.05) is 0 Å². The van der Waals surface area contributed by atoms with Crippen molar-refractivity contribution in [3.05, 3.63) is 59.1 Å². The van der Waals surface area contributed by atoms with E-state index in [0.29, 0.717) is 17.0 Å². The molecule has 0 saturated carbocycles. The van der Waals surface area contributed by atoms with Crippen molar-refractivity contribution in [2.75, 3.05) is 0 Å². The Morgan fingerprint density at radius 2 is 2.12 bits per heavy atom. The molecule has 3 heterocycles. The number of furan rings is 1. The number of carbonyl (C=O) groups excluding carboxylic acids is 1. The maximum absolute atomic E-state index is 12.6. The number of carbonyl (C=O) groups is 1. The molecule has 3 aromatic heterocycles. The molecule has 0 aliphatic rings. The first-order chi connectivity index (χ1) is 11.9. The fourth-order valence-corrected chi connectivity index (χ4v) is 2.83. The van der Waals surface area contributed by atoms with Gasteiger partial charge in [0, 0.05) is 11.6 Å². The van der Waals surface area contributed by atoms with Crippen molar-refractivity contribution >= 4 is 17.1 Å². The minimum Gasteiger partial charge on any atom is -0.462 e. The summed E-state index contributed by atoms with van der Waals surface area (Å²) in [6.45, 7) is 0. The van der Waals surface area contributed by atoms with Crippen LogP contribution in [-0.2, 0) is 6.18 Å². The monoisotopic (exact) mass is 363 g/mol. The Balaban J connectivity index is 1.86. The Morgan fingerprint density at radius 3 is 2.68 bits per heavy atom. The molecule has 0 radical (unpaired) electrons. The quantitative estimate of drug-likeness (QED) is 0.646. The predicted octanol–water partition coefficient (Wildman–Crippen LogP) is 4.31. The van der Waals surface area contributed by atoms with Crippen LogP contribution in [0.3, 0.4) is 0 Å². The van der Waals surface area contributed by atoms with Crippen LogP contribution in [-0.4, -0.2) is 15.8 Å². The minimum absolute atomic E-state index is 0.0321. The van der Waals surface area contributed by atoms with Crippen LogP contribution in [0.25, 0.3) is 10.8 Å². The van der Waals surface area contributed by atoms with Gasteiger partial charge in [-0.2, -0.15) is 18.4 Å². The zero-order valence-corrected chi connectivity index (χ0v) is 13.1. The summed E-state index contributed by atoms with van der Waals surface area (Å²) in [6.07, 6.45) is -2.48. The average Bonchev–Trinajstić information content (AvgIpc) is 3.26. The number of hydrogen-bond donors (Lipinski definition) is 0. The SMILES string of the molecule is N#CC(C(=O)c1csc(-c2ccco2)n1)c1ccc(C(F)(F)F)cn1. The van der Waals surface area contributed by atoms with E-state index in [0.717, 1.165) is 23.5 Å². The molecule has 126 valence electrons. The molecular weight excluding hydrogens is 355 g/mol. The Kier molecular flexibility index (Phi) is 4.37. The molecular formula is C16H8F3N3O2S. The number of alkyl halides is 3. The van der Waals surface area contributed by atoms with Gasteiger partial charge in [0.05, 0.1) is 23.6 Å². The third-order valence-electron chi connectivity index (χ3n) is 3.29. The van der Waals surface area contributed by atoms with Crippen molar-refractivity contribution in [2.24, 2.45) is 0 Å². The summed E-state index contributed by atoms with van der Waals surface area (Å²) in [7, 11) is 0. The van der Waals surface area contributed by atoms with E-state index in [4.69, 9.17) is 4.42 Å². The van der Waals surface area contributed by atoms with Crippen molar-refractivity contribution in [3.8, 4) is 16.8 Å². The maximum atomic E-state index is 12.6. The van der Waals surface area contributed by atoms with E-state index in [2.05, 4.69) is 9.97 Å². The lowest BCUT2D eigenvalue weighted by Gasteiger charge is -2.09. The molecule has 0 bridgehead atoms. The number of ketones is 1. The van der Waals surface area contributed by atoms with Gasteiger partial charge >= 0.3 is 6.18 Å². The topological polar surface area (TPSA) is 79.8 Å². The molecule has 9 heteroatoms. The van der Waals surface area contributed by atoms with Crippen LogP contribution < -0.4 is 0 Å². The minimum atomic E-state index is -4.54. The summed E-state index contributed by atoms with van der Waals surface area (Å²) in [5.74, 6) is -1.50. The number of aromatic nitrogens is 2. The first-order valence-electron chi connectivity index (χ1n) is 6.86. The van der Waals surface area contributed by atoms with Crippen molar-refractivity contribution in [3.63, 3.8) is 0 Å². The largest absolute Gasteiger partial charge is 0.462 e. The van der Waals surface area contributed by atoms with E-state index >= 15 is 0 Å². The Hall–Kier alpha value is -2.99. The first kappa shape index (κ1) is 16.9. The molecule has 25 heavy (non-hydrogen) atoms. The number of halogens is 3. The maximum Gasteiger partial charge on any atom is 0.417 e. The number of nitriles is 1.